The van der Waals surface area contributed by atoms with E-state index in [1.54, 1.807) is 11.7 Å². The fourth-order valence-electron chi connectivity index (χ4n) is 5.21. The Bertz CT molecular complexity index is 1240. The Balaban J connectivity index is 1.77. The van der Waals surface area contributed by atoms with E-state index in [-0.39, 0.29) is 18.2 Å². The number of carbonyl (C=O) groups is 3. The van der Waals surface area contributed by atoms with Crippen molar-refractivity contribution < 1.29 is 24.6 Å². The first-order chi connectivity index (χ1) is 18.7. The highest BCUT2D eigenvalue weighted by molar-refractivity contribution is 7.09. The molecule has 0 aliphatic carbocycles. The zero-order valence-corrected chi connectivity index (χ0v) is 22.8. The third kappa shape index (κ3) is 7.01. The molecule has 0 bridgehead atoms. The van der Waals surface area contributed by atoms with E-state index in [0.717, 1.165) is 16.0 Å². The predicted molar refractivity (Wildman–Crippen MR) is 148 cm³/mol. The van der Waals surface area contributed by atoms with Crippen molar-refractivity contribution in [1.82, 2.24) is 20.5 Å². The summed E-state index contributed by atoms with van der Waals surface area (Å²) in [5.74, 6) is -1.15. The standard InChI is InChI=1S/C29H34N4O5S/c1-18(2)25-27(35)33(28(36)32-25)24(14-20-11-7-4-8-12-20)22(15-21-16-30-17-39-21)26(34)23(31-29(37)38)13-19-9-5-3-6-10-19/h3-12,16-18,22-26,31,34H,13-15H2,1-2H3,(H,32,36)(H,37,38)/t22?,23-,24-,25-,26+/m0/s1. The van der Waals surface area contributed by atoms with Crippen molar-refractivity contribution in [3.05, 3.63) is 88.4 Å². The third-order valence-corrected chi connectivity index (χ3v) is 7.96. The van der Waals surface area contributed by atoms with Gasteiger partial charge in [-0.15, -0.1) is 11.3 Å². The van der Waals surface area contributed by atoms with E-state index in [0.29, 0.717) is 12.8 Å². The first-order valence-electron chi connectivity index (χ1n) is 13.0. The van der Waals surface area contributed by atoms with E-state index in [1.807, 2.05) is 74.5 Å². The summed E-state index contributed by atoms with van der Waals surface area (Å²) >= 11 is 1.41. The van der Waals surface area contributed by atoms with Crippen molar-refractivity contribution in [3.63, 3.8) is 0 Å². The van der Waals surface area contributed by atoms with E-state index in [2.05, 4.69) is 15.6 Å². The molecule has 1 fully saturated rings. The average molecular weight is 551 g/mol. The molecule has 2 aromatic carbocycles. The summed E-state index contributed by atoms with van der Waals surface area (Å²) in [6.07, 6.45) is 0.0523. The highest BCUT2D eigenvalue weighted by Gasteiger charge is 2.48. The first kappa shape index (κ1) is 28.3. The van der Waals surface area contributed by atoms with Crippen LogP contribution in [0.1, 0.15) is 29.9 Å². The van der Waals surface area contributed by atoms with Gasteiger partial charge in [-0.2, -0.15) is 0 Å². The van der Waals surface area contributed by atoms with Crippen LogP contribution in [0.2, 0.25) is 0 Å². The molecule has 9 nitrogen and oxygen atoms in total. The molecule has 4 rings (SSSR count). The summed E-state index contributed by atoms with van der Waals surface area (Å²) in [4.78, 5) is 45.0. The number of hydrogen-bond donors (Lipinski definition) is 4. The van der Waals surface area contributed by atoms with Crippen LogP contribution in [0.5, 0.6) is 0 Å². The van der Waals surface area contributed by atoms with Gasteiger partial charge in [0.15, 0.2) is 0 Å². The van der Waals surface area contributed by atoms with E-state index in [1.165, 1.54) is 16.2 Å². The van der Waals surface area contributed by atoms with Gasteiger partial charge in [0.1, 0.15) is 6.04 Å². The highest BCUT2D eigenvalue weighted by Crippen LogP contribution is 2.31. The minimum absolute atomic E-state index is 0.117. The minimum Gasteiger partial charge on any atom is -0.465 e. The van der Waals surface area contributed by atoms with Crippen LogP contribution < -0.4 is 10.6 Å². The van der Waals surface area contributed by atoms with Crippen molar-refractivity contribution in [3.8, 4) is 0 Å². The number of amides is 4. The van der Waals surface area contributed by atoms with Crippen LogP contribution in [-0.2, 0) is 24.1 Å². The van der Waals surface area contributed by atoms with Crippen molar-refractivity contribution in [2.75, 3.05) is 0 Å². The summed E-state index contributed by atoms with van der Waals surface area (Å²) in [6, 6.07) is 16.0. The van der Waals surface area contributed by atoms with Crippen LogP contribution in [0, 0.1) is 11.8 Å². The molecule has 1 aliphatic heterocycles. The summed E-state index contributed by atoms with van der Waals surface area (Å²) in [5, 5.41) is 26.9. The maximum atomic E-state index is 13.6. The lowest BCUT2D eigenvalue weighted by Crippen LogP contribution is -2.56. The molecule has 3 aromatic rings. The molecule has 0 radical (unpaired) electrons. The second kappa shape index (κ2) is 12.9. The second-order valence-electron chi connectivity index (χ2n) is 10.2. The van der Waals surface area contributed by atoms with Gasteiger partial charge < -0.3 is 20.8 Å². The fraction of sp³-hybridized carbons (Fsp3) is 0.379. The molecule has 5 atom stereocenters. The van der Waals surface area contributed by atoms with Gasteiger partial charge in [-0.1, -0.05) is 74.5 Å². The zero-order chi connectivity index (χ0) is 27.9. The van der Waals surface area contributed by atoms with Crippen molar-refractivity contribution in [2.45, 2.75) is 57.3 Å². The number of thiazole rings is 1. The van der Waals surface area contributed by atoms with Crippen LogP contribution in [-0.4, -0.2) is 62.4 Å². The van der Waals surface area contributed by atoms with E-state index in [4.69, 9.17) is 0 Å². The Morgan fingerprint density at radius 2 is 1.64 bits per heavy atom. The first-order valence-corrected chi connectivity index (χ1v) is 13.9. The Morgan fingerprint density at radius 3 is 2.15 bits per heavy atom. The van der Waals surface area contributed by atoms with Gasteiger partial charge in [-0.3, -0.25) is 14.7 Å². The lowest BCUT2D eigenvalue weighted by molar-refractivity contribution is -0.131. The van der Waals surface area contributed by atoms with Gasteiger partial charge >= 0.3 is 12.1 Å². The van der Waals surface area contributed by atoms with E-state index in [9.17, 15) is 24.6 Å². The zero-order valence-electron chi connectivity index (χ0n) is 21.9. The van der Waals surface area contributed by atoms with Crippen LogP contribution in [0.4, 0.5) is 9.59 Å². The fourth-order valence-corrected chi connectivity index (χ4v) is 5.88. The topological polar surface area (TPSA) is 132 Å². The summed E-state index contributed by atoms with van der Waals surface area (Å²) in [7, 11) is 0. The molecular weight excluding hydrogens is 516 g/mol. The number of rotatable bonds is 12. The van der Waals surface area contributed by atoms with Crippen LogP contribution in [0.15, 0.2) is 72.4 Å². The van der Waals surface area contributed by atoms with E-state index < -0.39 is 42.3 Å². The van der Waals surface area contributed by atoms with Gasteiger partial charge in [0.25, 0.3) is 5.91 Å². The van der Waals surface area contributed by atoms with Gasteiger partial charge in [0.05, 0.1) is 23.7 Å². The number of imide groups is 1. The van der Waals surface area contributed by atoms with E-state index >= 15 is 0 Å². The van der Waals surface area contributed by atoms with Crippen molar-refractivity contribution in [2.24, 2.45) is 11.8 Å². The molecule has 2 heterocycles. The maximum absolute atomic E-state index is 13.6. The van der Waals surface area contributed by atoms with Crippen LogP contribution in [0.3, 0.4) is 0 Å². The van der Waals surface area contributed by atoms with Gasteiger partial charge in [-0.05, 0) is 36.3 Å². The molecule has 10 heteroatoms. The molecule has 1 aliphatic rings. The number of nitrogens with zero attached hydrogens (tertiary/aromatic N) is 2. The molecule has 0 saturated carbocycles. The molecule has 1 unspecified atom stereocenters. The minimum atomic E-state index is -1.26. The summed E-state index contributed by atoms with van der Waals surface area (Å²) in [5.41, 5.74) is 3.43. The number of aliphatic hydroxyl groups is 1. The summed E-state index contributed by atoms with van der Waals surface area (Å²) < 4.78 is 0. The molecule has 4 amide bonds. The molecule has 1 aromatic heterocycles. The van der Waals surface area contributed by atoms with Gasteiger partial charge in [0, 0.05) is 17.0 Å². The summed E-state index contributed by atoms with van der Waals surface area (Å²) in [6.45, 7) is 3.74. The Labute approximate surface area is 231 Å². The molecule has 0 spiro atoms. The lowest BCUT2D eigenvalue weighted by Gasteiger charge is -2.38. The maximum Gasteiger partial charge on any atom is 0.404 e. The number of carboxylic acid groups (broad SMARTS) is 1. The van der Waals surface area contributed by atoms with Crippen LogP contribution in [0.25, 0.3) is 0 Å². The normalized spacial score (nSPS) is 18.5. The number of urea groups is 1. The molecule has 4 N–H and O–H groups in total. The second-order valence-corrected chi connectivity index (χ2v) is 11.2. The monoisotopic (exact) mass is 550 g/mol. The Kier molecular flexibility index (Phi) is 9.32. The van der Waals surface area contributed by atoms with Gasteiger partial charge in [0.2, 0.25) is 0 Å². The van der Waals surface area contributed by atoms with Crippen molar-refractivity contribution >= 4 is 29.4 Å². The highest BCUT2D eigenvalue weighted by atomic mass is 32.1. The Hall–Kier alpha value is -3.76. The Morgan fingerprint density at radius 1 is 1.03 bits per heavy atom. The molecule has 1 saturated heterocycles. The average Bonchev–Trinajstić information content (AvgIpc) is 3.53. The van der Waals surface area contributed by atoms with Crippen molar-refractivity contribution in [1.29, 1.82) is 0 Å². The SMILES string of the molecule is CC(C)[C@@H]1NC(=O)N([C@@H](Cc2ccccc2)C(Cc2cncs2)[C@@H](O)[C@H](Cc2ccccc2)NC(=O)O)C1=O. The predicted octanol–water partition coefficient (Wildman–Crippen LogP) is 3.73. The number of aliphatic hydroxyl groups excluding tert-OH is 1. The third-order valence-electron chi connectivity index (χ3n) is 7.16. The number of carbonyl (C=O) groups excluding carboxylic acids is 2. The van der Waals surface area contributed by atoms with Crippen LogP contribution >= 0.6 is 11.3 Å². The smallest absolute Gasteiger partial charge is 0.404 e. The molecule has 206 valence electrons. The lowest BCUT2D eigenvalue weighted by atomic mass is 9.80. The molecule has 39 heavy (non-hydrogen) atoms. The number of aromatic nitrogens is 1. The molecular formula is C29H34N4O5S. The quantitative estimate of drug-likeness (QED) is 0.254. The number of hydrogen-bond acceptors (Lipinski definition) is 6. The van der Waals surface area contributed by atoms with Gasteiger partial charge in [-0.25, -0.2) is 9.59 Å². The number of nitrogens with one attached hydrogen (secondary N) is 2. The largest absolute Gasteiger partial charge is 0.465 e. The number of benzene rings is 2.